The lowest BCUT2D eigenvalue weighted by atomic mass is 10.1. The van der Waals surface area contributed by atoms with Crippen LogP contribution in [0.5, 0.6) is 5.75 Å². The van der Waals surface area contributed by atoms with E-state index in [1.165, 1.54) is 24.1 Å². The lowest BCUT2D eigenvalue weighted by molar-refractivity contribution is -0.140. The fraction of sp³-hybridized carbons (Fsp3) is 0.355. The molecule has 0 fully saturated rings. The summed E-state index contributed by atoms with van der Waals surface area (Å²) in [5, 5.41) is 2.93. The molecule has 3 aromatic rings. The predicted octanol–water partition coefficient (Wildman–Crippen LogP) is 4.84. The van der Waals surface area contributed by atoms with Gasteiger partial charge in [0.15, 0.2) is 0 Å². The molecule has 3 rings (SSSR count). The highest BCUT2D eigenvalue weighted by Gasteiger charge is 2.33. The summed E-state index contributed by atoms with van der Waals surface area (Å²) in [5.41, 5.74) is 2.68. The molecule has 8 nitrogen and oxygen atoms in total. The van der Waals surface area contributed by atoms with Gasteiger partial charge in [0.1, 0.15) is 18.3 Å². The number of benzene rings is 3. The van der Waals surface area contributed by atoms with Crippen LogP contribution in [-0.2, 0) is 26.2 Å². The van der Waals surface area contributed by atoms with E-state index in [2.05, 4.69) is 5.32 Å². The van der Waals surface area contributed by atoms with Crippen molar-refractivity contribution in [2.24, 2.45) is 0 Å². The molecule has 0 heterocycles. The quantitative estimate of drug-likeness (QED) is 0.380. The van der Waals surface area contributed by atoms with Crippen LogP contribution in [0.2, 0.25) is 0 Å². The molecule has 9 heteroatoms. The SMILES string of the molecule is COc1ccc(S(=O)(=O)N(CC(=O)N(Cc2ccc(C)cc2)[C@@H](C)C(=O)NC(C)(C)C)c2ccc(C)cc2)cc1. The number of rotatable bonds is 10. The topological polar surface area (TPSA) is 96.0 Å². The third kappa shape index (κ3) is 7.85. The first-order chi connectivity index (χ1) is 18.7. The number of aryl methyl sites for hydroxylation is 2. The highest BCUT2D eigenvalue weighted by atomic mass is 32.2. The summed E-state index contributed by atoms with van der Waals surface area (Å²) < 4.78 is 34.1. The normalized spacial score (nSPS) is 12.4. The Bertz CT molecular complexity index is 1410. The molecular weight excluding hydrogens is 526 g/mol. The van der Waals surface area contributed by atoms with Crippen LogP contribution in [0.1, 0.15) is 44.4 Å². The maximum atomic E-state index is 14.0. The Morgan fingerprint density at radius 3 is 1.90 bits per heavy atom. The Labute approximate surface area is 238 Å². The molecule has 0 radical (unpaired) electrons. The number of anilines is 1. The Kier molecular flexibility index (Phi) is 9.63. The highest BCUT2D eigenvalue weighted by molar-refractivity contribution is 7.92. The van der Waals surface area contributed by atoms with Crippen molar-refractivity contribution in [3.8, 4) is 5.75 Å². The molecule has 0 unspecified atom stereocenters. The van der Waals surface area contributed by atoms with Crippen molar-refractivity contribution in [2.45, 2.75) is 64.6 Å². The Hall–Kier alpha value is -3.85. The second-order valence-electron chi connectivity index (χ2n) is 10.9. The van der Waals surface area contributed by atoms with Crippen molar-refractivity contribution < 1.29 is 22.7 Å². The van der Waals surface area contributed by atoms with Gasteiger partial charge in [-0.05, 0) is 83.5 Å². The Morgan fingerprint density at radius 1 is 0.875 bits per heavy atom. The number of hydrogen-bond acceptors (Lipinski definition) is 5. The first-order valence-corrected chi connectivity index (χ1v) is 14.6. The number of nitrogens with zero attached hydrogens (tertiary/aromatic N) is 2. The molecule has 1 N–H and O–H groups in total. The third-order valence-electron chi connectivity index (χ3n) is 6.39. The van der Waals surface area contributed by atoms with Gasteiger partial charge in [0.25, 0.3) is 10.0 Å². The number of carbonyl (C=O) groups excluding carboxylic acids is 2. The van der Waals surface area contributed by atoms with E-state index < -0.39 is 34.1 Å². The minimum Gasteiger partial charge on any atom is -0.497 e. The smallest absolute Gasteiger partial charge is 0.264 e. The molecule has 40 heavy (non-hydrogen) atoms. The van der Waals surface area contributed by atoms with Crippen LogP contribution in [0.25, 0.3) is 0 Å². The first kappa shape index (κ1) is 30.7. The summed E-state index contributed by atoms with van der Waals surface area (Å²) in [5.74, 6) is -0.317. The second-order valence-corrected chi connectivity index (χ2v) is 12.8. The summed E-state index contributed by atoms with van der Waals surface area (Å²) >= 11 is 0. The summed E-state index contributed by atoms with van der Waals surface area (Å²) in [7, 11) is -2.64. The summed E-state index contributed by atoms with van der Waals surface area (Å²) in [6.45, 7) is 10.8. The molecule has 0 aliphatic carbocycles. The van der Waals surface area contributed by atoms with E-state index in [-0.39, 0.29) is 17.3 Å². The van der Waals surface area contributed by atoms with E-state index >= 15 is 0 Å². The van der Waals surface area contributed by atoms with Gasteiger partial charge in [-0.1, -0.05) is 47.5 Å². The van der Waals surface area contributed by atoms with E-state index in [4.69, 9.17) is 4.74 Å². The molecule has 0 aliphatic rings. The maximum Gasteiger partial charge on any atom is 0.264 e. The summed E-state index contributed by atoms with van der Waals surface area (Å²) in [6.07, 6.45) is 0. The van der Waals surface area contributed by atoms with E-state index in [1.807, 2.05) is 58.9 Å². The molecule has 0 saturated carbocycles. The lowest BCUT2D eigenvalue weighted by Gasteiger charge is -2.33. The minimum absolute atomic E-state index is 0.0188. The number of methoxy groups -OCH3 is 1. The predicted molar refractivity (Wildman–Crippen MR) is 158 cm³/mol. The van der Waals surface area contributed by atoms with Crippen LogP contribution >= 0.6 is 0 Å². The van der Waals surface area contributed by atoms with Gasteiger partial charge in [-0.15, -0.1) is 0 Å². The van der Waals surface area contributed by atoms with Crippen molar-refractivity contribution in [1.29, 1.82) is 0 Å². The standard InChI is InChI=1S/C31H39N3O5S/c1-22-8-12-25(13-9-22)20-33(24(3)30(36)32-31(4,5)6)29(35)21-34(26-14-10-23(2)11-15-26)40(37,38)28-18-16-27(39-7)17-19-28/h8-19,24H,20-21H2,1-7H3,(H,32,36)/t24-/m0/s1. The highest BCUT2D eigenvalue weighted by Crippen LogP contribution is 2.26. The number of ether oxygens (including phenoxy) is 1. The van der Waals surface area contributed by atoms with Gasteiger partial charge in [0, 0.05) is 12.1 Å². The zero-order valence-electron chi connectivity index (χ0n) is 24.3. The second kappa shape index (κ2) is 12.6. The molecular formula is C31H39N3O5S. The number of amides is 2. The van der Waals surface area contributed by atoms with Gasteiger partial charge in [-0.2, -0.15) is 0 Å². The van der Waals surface area contributed by atoms with E-state index in [0.717, 1.165) is 21.0 Å². The largest absolute Gasteiger partial charge is 0.497 e. The maximum absolute atomic E-state index is 14.0. The Balaban J connectivity index is 2.03. The van der Waals surface area contributed by atoms with Crippen molar-refractivity contribution in [1.82, 2.24) is 10.2 Å². The van der Waals surface area contributed by atoms with Crippen molar-refractivity contribution in [3.63, 3.8) is 0 Å². The number of nitrogens with one attached hydrogen (secondary N) is 1. The van der Waals surface area contributed by atoms with Gasteiger partial charge in [0.2, 0.25) is 11.8 Å². The van der Waals surface area contributed by atoms with Gasteiger partial charge in [-0.25, -0.2) is 8.42 Å². The van der Waals surface area contributed by atoms with Crippen LogP contribution in [0.4, 0.5) is 5.69 Å². The van der Waals surface area contributed by atoms with Crippen molar-refractivity contribution >= 4 is 27.5 Å². The van der Waals surface area contributed by atoms with Gasteiger partial charge in [-0.3, -0.25) is 13.9 Å². The van der Waals surface area contributed by atoms with E-state index in [1.54, 1.807) is 43.3 Å². The summed E-state index contributed by atoms with van der Waals surface area (Å²) in [4.78, 5) is 28.6. The van der Waals surface area contributed by atoms with Gasteiger partial charge >= 0.3 is 0 Å². The van der Waals surface area contributed by atoms with Crippen LogP contribution in [-0.4, -0.2) is 50.4 Å². The van der Waals surface area contributed by atoms with Gasteiger partial charge in [0.05, 0.1) is 17.7 Å². The van der Waals surface area contributed by atoms with E-state index in [9.17, 15) is 18.0 Å². The zero-order chi connectivity index (χ0) is 29.7. The summed E-state index contributed by atoms with van der Waals surface area (Å²) in [6, 6.07) is 19.8. The monoisotopic (exact) mass is 565 g/mol. The molecule has 2 amide bonds. The first-order valence-electron chi connectivity index (χ1n) is 13.1. The Morgan fingerprint density at radius 2 is 1.40 bits per heavy atom. The van der Waals surface area contributed by atoms with E-state index in [0.29, 0.717) is 11.4 Å². The minimum atomic E-state index is -4.14. The molecule has 0 saturated heterocycles. The average Bonchev–Trinajstić information content (AvgIpc) is 2.90. The van der Waals surface area contributed by atoms with Crippen LogP contribution < -0.4 is 14.4 Å². The fourth-order valence-corrected chi connectivity index (χ4v) is 5.48. The van der Waals surface area contributed by atoms with Crippen molar-refractivity contribution in [2.75, 3.05) is 18.0 Å². The van der Waals surface area contributed by atoms with Crippen LogP contribution in [0.3, 0.4) is 0 Å². The number of carbonyl (C=O) groups is 2. The molecule has 3 aromatic carbocycles. The molecule has 0 spiro atoms. The zero-order valence-corrected chi connectivity index (χ0v) is 25.1. The van der Waals surface area contributed by atoms with Crippen LogP contribution in [0, 0.1) is 13.8 Å². The molecule has 214 valence electrons. The fourth-order valence-electron chi connectivity index (χ4n) is 4.06. The molecule has 0 bridgehead atoms. The van der Waals surface area contributed by atoms with Crippen molar-refractivity contribution in [3.05, 3.63) is 89.5 Å². The molecule has 0 aliphatic heterocycles. The van der Waals surface area contributed by atoms with Crippen LogP contribution in [0.15, 0.2) is 77.7 Å². The molecule has 0 aromatic heterocycles. The number of sulfonamides is 1. The lowest BCUT2D eigenvalue weighted by Crippen LogP contribution is -2.54. The molecule has 1 atom stereocenters. The van der Waals surface area contributed by atoms with Gasteiger partial charge < -0.3 is 15.0 Å². The third-order valence-corrected chi connectivity index (χ3v) is 8.18. The number of hydrogen-bond donors (Lipinski definition) is 1. The average molecular weight is 566 g/mol.